The van der Waals surface area contributed by atoms with E-state index in [9.17, 15) is 0 Å². The Morgan fingerprint density at radius 3 is 2.88 bits per heavy atom. The average Bonchev–Trinajstić information content (AvgIpc) is 3.08. The van der Waals surface area contributed by atoms with Crippen LogP contribution in [0.4, 0.5) is 5.95 Å². The van der Waals surface area contributed by atoms with Crippen molar-refractivity contribution in [3.63, 3.8) is 0 Å². The minimum absolute atomic E-state index is 0.106. The maximum atomic E-state index is 5.94. The summed E-state index contributed by atoms with van der Waals surface area (Å²) in [6.07, 6.45) is 2.42. The maximum absolute atomic E-state index is 5.94. The van der Waals surface area contributed by atoms with Gasteiger partial charge in [0.25, 0.3) is 0 Å². The van der Waals surface area contributed by atoms with Gasteiger partial charge >= 0.3 is 6.01 Å². The van der Waals surface area contributed by atoms with Gasteiger partial charge in [0.1, 0.15) is 0 Å². The molecule has 0 aromatic carbocycles. The highest BCUT2D eigenvalue weighted by molar-refractivity contribution is 6.28. The van der Waals surface area contributed by atoms with Crippen molar-refractivity contribution in [2.45, 2.75) is 18.9 Å². The lowest BCUT2D eigenvalue weighted by Gasteiger charge is -2.11. The smallest absolute Gasteiger partial charge is 0.322 e. The zero-order chi connectivity index (χ0) is 11.5. The summed E-state index contributed by atoms with van der Waals surface area (Å²) in [5.41, 5.74) is 5.94. The van der Waals surface area contributed by atoms with Gasteiger partial charge in [0.15, 0.2) is 0 Å². The molecule has 1 heterocycles. The molecule has 0 saturated heterocycles. The summed E-state index contributed by atoms with van der Waals surface area (Å²) >= 11 is 5.71. The number of nitrogens with zero attached hydrogens (tertiary/aromatic N) is 3. The second-order valence-electron chi connectivity index (χ2n) is 3.80. The zero-order valence-corrected chi connectivity index (χ0v) is 9.74. The fourth-order valence-corrected chi connectivity index (χ4v) is 1.55. The lowest BCUT2D eigenvalue weighted by Crippen LogP contribution is -2.31. The van der Waals surface area contributed by atoms with Crippen molar-refractivity contribution in [1.82, 2.24) is 15.0 Å². The first-order valence-corrected chi connectivity index (χ1v) is 5.52. The molecular formula is C9H14ClN5O. The van der Waals surface area contributed by atoms with E-state index in [0.29, 0.717) is 18.4 Å². The molecule has 0 bridgehead atoms. The van der Waals surface area contributed by atoms with Crippen LogP contribution in [0, 0.1) is 5.92 Å². The molecular weight excluding hydrogens is 230 g/mol. The first-order valence-electron chi connectivity index (χ1n) is 5.14. The van der Waals surface area contributed by atoms with Crippen LogP contribution >= 0.6 is 11.6 Å². The third-order valence-electron chi connectivity index (χ3n) is 2.49. The fourth-order valence-electron chi connectivity index (χ4n) is 1.40. The molecule has 1 saturated carbocycles. The molecule has 0 spiro atoms. The number of methoxy groups -OCH3 is 1. The number of rotatable bonds is 5. The molecule has 1 unspecified atom stereocenters. The van der Waals surface area contributed by atoms with E-state index in [-0.39, 0.29) is 17.3 Å². The van der Waals surface area contributed by atoms with E-state index in [1.807, 2.05) is 0 Å². The van der Waals surface area contributed by atoms with Crippen molar-refractivity contribution in [2.75, 3.05) is 19.0 Å². The van der Waals surface area contributed by atoms with Gasteiger partial charge in [-0.15, -0.1) is 0 Å². The largest absolute Gasteiger partial charge is 0.467 e. The number of hydrogen-bond acceptors (Lipinski definition) is 6. The SMILES string of the molecule is COc1nc(Cl)nc(NCC(N)C2CC2)n1. The number of ether oxygens (including phenoxy) is 1. The van der Waals surface area contributed by atoms with E-state index in [2.05, 4.69) is 20.3 Å². The monoisotopic (exact) mass is 243 g/mol. The van der Waals surface area contributed by atoms with Gasteiger partial charge in [-0.2, -0.15) is 15.0 Å². The Labute approximate surface area is 98.6 Å². The second kappa shape index (κ2) is 4.80. The molecule has 1 atom stereocenters. The Hall–Kier alpha value is -1.14. The van der Waals surface area contributed by atoms with Crippen molar-refractivity contribution in [2.24, 2.45) is 11.7 Å². The molecule has 1 aliphatic carbocycles. The second-order valence-corrected chi connectivity index (χ2v) is 4.13. The number of nitrogens with two attached hydrogens (primary N) is 1. The molecule has 16 heavy (non-hydrogen) atoms. The molecule has 0 amide bonds. The summed E-state index contributed by atoms with van der Waals surface area (Å²) in [5.74, 6) is 1.03. The van der Waals surface area contributed by atoms with Crippen LogP contribution in [-0.4, -0.2) is 34.6 Å². The van der Waals surface area contributed by atoms with Crippen LogP contribution in [0.1, 0.15) is 12.8 Å². The number of aromatic nitrogens is 3. The summed E-state index contributed by atoms with van der Waals surface area (Å²) in [4.78, 5) is 11.7. The summed E-state index contributed by atoms with van der Waals surface area (Å²) in [5, 5.41) is 3.14. The Bertz CT molecular complexity index is 371. The van der Waals surface area contributed by atoms with Crippen LogP contribution in [0.3, 0.4) is 0 Å². The van der Waals surface area contributed by atoms with Crippen LogP contribution in [0.15, 0.2) is 0 Å². The van der Waals surface area contributed by atoms with Gasteiger partial charge in [0.2, 0.25) is 11.2 Å². The third kappa shape index (κ3) is 2.93. The van der Waals surface area contributed by atoms with Gasteiger partial charge in [-0.1, -0.05) is 0 Å². The summed E-state index contributed by atoms with van der Waals surface area (Å²) < 4.78 is 4.88. The van der Waals surface area contributed by atoms with Crippen LogP contribution in [-0.2, 0) is 0 Å². The quantitative estimate of drug-likeness (QED) is 0.791. The number of anilines is 1. The average molecular weight is 244 g/mol. The number of nitrogens with one attached hydrogen (secondary N) is 1. The van der Waals surface area contributed by atoms with Crippen LogP contribution in [0.2, 0.25) is 5.28 Å². The first-order chi connectivity index (χ1) is 7.69. The van der Waals surface area contributed by atoms with E-state index < -0.39 is 0 Å². The predicted molar refractivity (Wildman–Crippen MR) is 60.6 cm³/mol. The predicted octanol–water partition coefficient (Wildman–Crippen LogP) is 0.683. The van der Waals surface area contributed by atoms with Crippen LogP contribution in [0.5, 0.6) is 6.01 Å². The summed E-state index contributed by atoms with van der Waals surface area (Å²) in [6.45, 7) is 0.633. The van der Waals surface area contributed by atoms with Crippen molar-refractivity contribution in [3.8, 4) is 6.01 Å². The van der Waals surface area contributed by atoms with Gasteiger partial charge in [-0.25, -0.2) is 0 Å². The lowest BCUT2D eigenvalue weighted by molar-refractivity contribution is 0.378. The summed E-state index contributed by atoms with van der Waals surface area (Å²) in [6, 6.07) is 0.337. The van der Waals surface area contributed by atoms with Crippen molar-refractivity contribution in [1.29, 1.82) is 0 Å². The van der Waals surface area contributed by atoms with Gasteiger partial charge in [0, 0.05) is 12.6 Å². The first kappa shape index (κ1) is 11.3. The van der Waals surface area contributed by atoms with Gasteiger partial charge in [-0.05, 0) is 30.4 Å². The standard InChI is InChI=1S/C9H14ClN5O/c1-16-9-14-7(10)13-8(15-9)12-4-6(11)5-2-3-5/h5-6H,2-4,11H2,1H3,(H,12,13,14,15). The zero-order valence-electron chi connectivity index (χ0n) is 8.98. The molecule has 1 aromatic rings. The van der Waals surface area contributed by atoms with Crippen LogP contribution < -0.4 is 15.8 Å². The molecule has 1 aromatic heterocycles. The Balaban J connectivity index is 1.94. The minimum Gasteiger partial charge on any atom is -0.467 e. The molecule has 88 valence electrons. The fraction of sp³-hybridized carbons (Fsp3) is 0.667. The third-order valence-corrected chi connectivity index (χ3v) is 2.66. The molecule has 2 rings (SSSR count). The highest BCUT2D eigenvalue weighted by Crippen LogP contribution is 2.31. The highest BCUT2D eigenvalue weighted by Gasteiger charge is 2.28. The normalized spacial score (nSPS) is 16.9. The number of halogens is 1. The highest BCUT2D eigenvalue weighted by atomic mass is 35.5. The Morgan fingerprint density at radius 1 is 1.50 bits per heavy atom. The van der Waals surface area contributed by atoms with E-state index >= 15 is 0 Å². The molecule has 6 nitrogen and oxygen atoms in total. The van der Waals surface area contributed by atoms with Gasteiger partial charge in [0.05, 0.1) is 7.11 Å². The molecule has 1 aliphatic rings. The lowest BCUT2D eigenvalue weighted by atomic mass is 10.2. The van der Waals surface area contributed by atoms with Crippen molar-refractivity contribution < 1.29 is 4.74 Å². The molecule has 3 N–H and O–H groups in total. The van der Waals surface area contributed by atoms with E-state index in [0.717, 1.165) is 0 Å². The van der Waals surface area contributed by atoms with Crippen molar-refractivity contribution in [3.05, 3.63) is 5.28 Å². The summed E-state index contributed by atoms with van der Waals surface area (Å²) in [7, 11) is 1.48. The van der Waals surface area contributed by atoms with Crippen LogP contribution in [0.25, 0.3) is 0 Å². The maximum Gasteiger partial charge on any atom is 0.322 e. The molecule has 0 radical (unpaired) electrons. The Morgan fingerprint density at radius 2 is 2.25 bits per heavy atom. The molecule has 1 fully saturated rings. The molecule has 0 aliphatic heterocycles. The van der Waals surface area contributed by atoms with E-state index in [1.54, 1.807) is 0 Å². The minimum atomic E-state index is 0.106. The van der Waals surface area contributed by atoms with E-state index in [4.69, 9.17) is 22.1 Å². The number of hydrogen-bond donors (Lipinski definition) is 2. The van der Waals surface area contributed by atoms with Gasteiger partial charge in [-0.3, -0.25) is 0 Å². The van der Waals surface area contributed by atoms with E-state index in [1.165, 1.54) is 20.0 Å². The molecule has 7 heteroatoms. The topological polar surface area (TPSA) is 86.0 Å². The van der Waals surface area contributed by atoms with Crippen molar-refractivity contribution >= 4 is 17.5 Å². The van der Waals surface area contributed by atoms with Gasteiger partial charge < -0.3 is 15.8 Å². The Kier molecular flexibility index (Phi) is 3.40.